The van der Waals surface area contributed by atoms with Crippen molar-refractivity contribution in [3.05, 3.63) is 45.4 Å². The number of benzene rings is 1. The molecule has 0 aliphatic rings. The van der Waals surface area contributed by atoms with Gasteiger partial charge in [0, 0.05) is 22.1 Å². The van der Waals surface area contributed by atoms with Crippen molar-refractivity contribution in [2.75, 3.05) is 0 Å². The third kappa shape index (κ3) is 3.30. The van der Waals surface area contributed by atoms with E-state index in [9.17, 15) is 4.79 Å². The molecule has 1 amide bonds. The predicted molar refractivity (Wildman–Crippen MR) is 71.3 cm³/mol. The van der Waals surface area contributed by atoms with Gasteiger partial charge in [0.05, 0.1) is 6.54 Å². The summed E-state index contributed by atoms with van der Waals surface area (Å²) in [5, 5.41) is 7.30. The Morgan fingerprint density at radius 1 is 1.50 bits per heavy atom. The molecule has 1 heterocycles. The molecule has 0 fully saturated rings. The van der Waals surface area contributed by atoms with E-state index < -0.39 is 0 Å². The second-order valence-electron chi connectivity index (χ2n) is 3.68. The standard InChI is InChI=1S/C11H10BrClN4O/c1-17-6-15-10(16-17)5-14-11(18)7-2-8(12)4-9(13)3-7/h2-4,6H,5H2,1H3,(H,14,18). The van der Waals surface area contributed by atoms with E-state index >= 15 is 0 Å². The summed E-state index contributed by atoms with van der Waals surface area (Å²) in [7, 11) is 1.77. The highest BCUT2D eigenvalue weighted by Gasteiger charge is 2.08. The van der Waals surface area contributed by atoms with E-state index in [-0.39, 0.29) is 12.5 Å². The third-order valence-corrected chi connectivity index (χ3v) is 2.85. The molecule has 94 valence electrons. The highest BCUT2D eigenvalue weighted by atomic mass is 79.9. The van der Waals surface area contributed by atoms with Crippen LogP contribution in [0.3, 0.4) is 0 Å². The first kappa shape index (κ1) is 13.0. The van der Waals surface area contributed by atoms with Crippen LogP contribution in [0.25, 0.3) is 0 Å². The minimum absolute atomic E-state index is 0.217. The molecule has 2 aromatic rings. The van der Waals surface area contributed by atoms with E-state index in [4.69, 9.17) is 11.6 Å². The Labute approximate surface area is 117 Å². The molecular formula is C11H10BrClN4O. The minimum atomic E-state index is -0.217. The highest BCUT2D eigenvalue weighted by Crippen LogP contribution is 2.19. The summed E-state index contributed by atoms with van der Waals surface area (Å²) in [6.07, 6.45) is 1.58. The first-order valence-electron chi connectivity index (χ1n) is 5.13. The lowest BCUT2D eigenvalue weighted by Crippen LogP contribution is -2.23. The number of aromatic nitrogens is 3. The zero-order valence-electron chi connectivity index (χ0n) is 9.52. The van der Waals surface area contributed by atoms with Crippen LogP contribution in [0, 0.1) is 0 Å². The lowest BCUT2D eigenvalue weighted by molar-refractivity contribution is 0.0950. The molecule has 0 atom stereocenters. The van der Waals surface area contributed by atoms with Gasteiger partial charge < -0.3 is 5.32 Å². The molecule has 0 saturated carbocycles. The molecule has 5 nitrogen and oxygen atoms in total. The number of rotatable bonds is 3. The normalized spacial score (nSPS) is 10.4. The Bertz CT molecular complexity index is 564. The summed E-state index contributed by atoms with van der Waals surface area (Å²) < 4.78 is 2.34. The number of amides is 1. The number of halogens is 2. The average Bonchev–Trinajstić information content (AvgIpc) is 2.70. The van der Waals surface area contributed by atoms with Gasteiger partial charge in [0.25, 0.3) is 5.91 Å². The van der Waals surface area contributed by atoms with Gasteiger partial charge in [-0.15, -0.1) is 0 Å². The summed E-state index contributed by atoms with van der Waals surface area (Å²) in [5.41, 5.74) is 0.491. The van der Waals surface area contributed by atoms with Crippen LogP contribution < -0.4 is 5.32 Å². The first-order valence-corrected chi connectivity index (χ1v) is 6.30. The van der Waals surface area contributed by atoms with Gasteiger partial charge in [-0.3, -0.25) is 9.48 Å². The SMILES string of the molecule is Cn1cnc(CNC(=O)c2cc(Cl)cc(Br)c2)n1. The molecule has 18 heavy (non-hydrogen) atoms. The van der Waals surface area contributed by atoms with Gasteiger partial charge >= 0.3 is 0 Å². The second kappa shape index (κ2) is 5.49. The number of hydrogen-bond donors (Lipinski definition) is 1. The second-order valence-corrected chi connectivity index (χ2v) is 5.03. The minimum Gasteiger partial charge on any atom is -0.345 e. The van der Waals surface area contributed by atoms with E-state index in [0.717, 1.165) is 4.47 Å². The molecule has 1 aromatic heterocycles. The molecule has 7 heteroatoms. The maximum Gasteiger partial charge on any atom is 0.251 e. The lowest BCUT2D eigenvalue weighted by atomic mass is 10.2. The van der Waals surface area contributed by atoms with Crippen LogP contribution in [-0.2, 0) is 13.6 Å². The Kier molecular flexibility index (Phi) is 3.98. The summed E-state index contributed by atoms with van der Waals surface area (Å²) in [5.74, 6) is 0.345. The fraction of sp³-hybridized carbons (Fsp3) is 0.182. The fourth-order valence-corrected chi connectivity index (χ4v) is 2.27. The Morgan fingerprint density at radius 3 is 2.89 bits per heavy atom. The van der Waals surface area contributed by atoms with Crippen LogP contribution in [0.4, 0.5) is 0 Å². The molecule has 1 N–H and O–H groups in total. The number of carbonyl (C=O) groups excluding carboxylic acids is 1. The Morgan fingerprint density at radius 2 is 2.28 bits per heavy atom. The molecular weight excluding hydrogens is 320 g/mol. The molecule has 0 aliphatic carbocycles. The Hall–Kier alpha value is -1.40. The lowest BCUT2D eigenvalue weighted by Gasteiger charge is -2.04. The summed E-state index contributed by atoms with van der Waals surface area (Å²) in [6.45, 7) is 0.282. The van der Waals surface area contributed by atoms with E-state index in [2.05, 4.69) is 31.3 Å². The number of nitrogens with zero attached hydrogens (tertiary/aromatic N) is 3. The zero-order chi connectivity index (χ0) is 13.1. The molecule has 0 aliphatic heterocycles. The van der Waals surface area contributed by atoms with Crippen LogP contribution in [0.1, 0.15) is 16.2 Å². The summed E-state index contributed by atoms with van der Waals surface area (Å²) in [6, 6.07) is 5.03. The monoisotopic (exact) mass is 328 g/mol. The van der Waals surface area contributed by atoms with Crippen LogP contribution in [0.15, 0.2) is 29.0 Å². The van der Waals surface area contributed by atoms with Gasteiger partial charge in [0.15, 0.2) is 5.82 Å². The topological polar surface area (TPSA) is 59.8 Å². The van der Waals surface area contributed by atoms with Crippen molar-refractivity contribution < 1.29 is 4.79 Å². The van der Waals surface area contributed by atoms with Crippen molar-refractivity contribution in [3.8, 4) is 0 Å². The first-order chi connectivity index (χ1) is 8.54. The van der Waals surface area contributed by atoms with Gasteiger partial charge in [-0.05, 0) is 18.2 Å². The molecule has 0 spiro atoms. The quantitative estimate of drug-likeness (QED) is 0.939. The van der Waals surface area contributed by atoms with E-state index in [1.54, 1.807) is 36.3 Å². The van der Waals surface area contributed by atoms with Crippen LogP contribution in [-0.4, -0.2) is 20.7 Å². The smallest absolute Gasteiger partial charge is 0.251 e. The van der Waals surface area contributed by atoms with Crippen molar-refractivity contribution in [2.24, 2.45) is 7.05 Å². The molecule has 2 rings (SSSR count). The average molecular weight is 330 g/mol. The number of carbonyl (C=O) groups is 1. The maximum atomic E-state index is 11.9. The van der Waals surface area contributed by atoms with E-state index in [1.165, 1.54) is 0 Å². The molecule has 0 bridgehead atoms. The van der Waals surface area contributed by atoms with Gasteiger partial charge in [0.1, 0.15) is 6.33 Å². The highest BCUT2D eigenvalue weighted by molar-refractivity contribution is 9.10. The number of hydrogen-bond acceptors (Lipinski definition) is 3. The number of aryl methyl sites for hydroxylation is 1. The molecule has 1 aromatic carbocycles. The fourth-order valence-electron chi connectivity index (χ4n) is 1.41. The van der Waals surface area contributed by atoms with Gasteiger partial charge in [-0.2, -0.15) is 5.10 Å². The summed E-state index contributed by atoms with van der Waals surface area (Å²) in [4.78, 5) is 15.9. The zero-order valence-corrected chi connectivity index (χ0v) is 11.9. The van der Waals surface area contributed by atoms with Crippen molar-refractivity contribution in [1.82, 2.24) is 20.1 Å². The third-order valence-electron chi connectivity index (χ3n) is 2.18. The number of nitrogens with one attached hydrogen (secondary N) is 1. The molecule has 0 unspecified atom stereocenters. The molecule has 0 saturated heterocycles. The predicted octanol–water partition coefficient (Wildman–Crippen LogP) is 2.16. The van der Waals surface area contributed by atoms with Gasteiger partial charge in [-0.25, -0.2) is 4.98 Å². The van der Waals surface area contributed by atoms with E-state index in [1.807, 2.05) is 0 Å². The van der Waals surface area contributed by atoms with Crippen molar-refractivity contribution >= 4 is 33.4 Å². The summed E-state index contributed by atoms with van der Waals surface area (Å²) >= 11 is 9.16. The van der Waals surface area contributed by atoms with Crippen molar-refractivity contribution in [2.45, 2.75) is 6.54 Å². The van der Waals surface area contributed by atoms with Crippen molar-refractivity contribution in [1.29, 1.82) is 0 Å². The largest absolute Gasteiger partial charge is 0.345 e. The van der Waals surface area contributed by atoms with Gasteiger partial charge in [-0.1, -0.05) is 27.5 Å². The van der Waals surface area contributed by atoms with Gasteiger partial charge in [0.2, 0.25) is 0 Å². The van der Waals surface area contributed by atoms with Crippen LogP contribution in [0.2, 0.25) is 5.02 Å². The maximum absolute atomic E-state index is 11.9. The van der Waals surface area contributed by atoms with Crippen molar-refractivity contribution in [3.63, 3.8) is 0 Å². The van der Waals surface area contributed by atoms with Crippen LogP contribution in [0.5, 0.6) is 0 Å². The molecule has 0 radical (unpaired) electrons. The van der Waals surface area contributed by atoms with Crippen LogP contribution >= 0.6 is 27.5 Å². The Balaban J connectivity index is 2.03. The van der Waals surface area contributed by atoms with E-state index in [0.29, 0.717) is 16.4 Å².